The van der Waals surface area contributed by atoms with Gasteiger partial charge in [0.05, 0.1) is 0 Å². The summed E-state index contributed by atoms with van der Waals surface area (Å²) in [6.45, 7) is 7.51. The van der Waals surface area contributed by atoms with E-state index in [2.05, 4.69) is 10.6 Å². The maximum absolute atomic E-state index is 11.8. The van der Waals surface area contributed by atoms with Gasteiger partial charge in [-0.2, -0.15) is 0 Å². The average Bonchev–Trinajstić information content (AvgIpc) is 2.48. The molecular formula is C13H18N2O2. The van der Waals surface area contributed by atoms with Gasteiger partial charge < -0.3 is 5.32 Å². The summed E-state index contributed by atoms with van der Waals surface area (Å²) in [6.07, 6.45) is 7.43. The maximum Gasteiger partial charge on any atom is 0.322 e. The van der Waals surface area contributed by atoms with Crippen molar-refractivity contribution in [3.05, 3.63) is 35.5 Å². The first kappa shape index (κ1) is 13.2. The molecule has 92 valence electrons. The van der Waals surface area contributed by atoms with Gasteiger partial charge in [0.1, 0.15) is 5.54 Å². The van der Waals surface area contributed by atoms with Crippen LogP contribution < -0.4 is 10.6 Å². The van der Waals surface area contributed by atoms with Gasteiger partial charge >= 0.3 is 6.03 Å². The molecule has 0 bridgehead atoms. The van der Waals surface area contributed by atoms with E-state index in [1.54, 1.807) is 6.92 Å². The molecule has 4 nitrogen and oxygen atoms in total. The van der Waals surface area contributed by atoms with Crippen LogP contribution in [0, 0.1) is 0 Å². The highest BCUT2D eigenvalue weighted by Crippen LogP contribution is 2.22. The lowest BCUT2D eigenvalue weighted by Crippen LogP contribution is -2.45. The minimum Gasteiger partial charge on any atom is -0.320 e. The van der Waals surface area contributed by atoms with Crippen molar-refractivity contribution in [3.63, 3.8) is 0 Å². The van der Waals surface area contributed by atoms with E-state index in [0.717, 1.165) is 11.1 Å². The number of allylic oxidation sites excluding steroid dienone is 4. The van der Waals surface area contributed by atoms with Crippen LogP contribution in [-0.4, -0.2) is 17.5 Å². The number of hydrogen-bond donors (Lipinski definition) is 2. The van der Waals surface area contributed by atoms with Gasteiger partial charge in [-0.1, -0.05) is 29.9 Å². The molecule has 1 rings (SSSR count). The Hall–Kier alpha value is -1.84. The summed E-state index contributed by atoms with van der Waals surface area (Å²) in [5.41, 5.74) is 0.889. The van der Waals surface area contributed by atoms with Crippen molar-refractivity contribution >= 4 is 11.9 Å². The average molecular weight is 234 g/mol. The molecule has 0 radical (unpaired) electrons. The number of urea groups is 1. The number of hydrogen-bond acceptors (Lipinski definition) is 2. The van der Waals surface area contributed by atoms with Crippen molar-refractivity contribution in [1.82, 2.24) is 10.6 Å². The molecule has 1 aliphatic heterocycles. The smallest absolute Gasteiger partial charge is 0.320 e. The molecule has 0 spiro atoms. The predicted molar refractivity (Wildman–Crippen MR) is 67.4 cm³/mol. The second kappa shape index (κ2) is 4.99. The van der Waals surface area contributed by atoms with Crippen molar-refractivity contribution in [2.24, 2.45) is 0 Å². The number of carbonyl (C=O) groups excluding carboxylic acids is 2. The molecule has 0 aromatic carbocycles. The number of carbonyl (C=O) groups is 2. The number of imide groups is 1. The zero-order chi connectivity index (χ0) is 13.1. The predicted octanol–water partition coefficient (Wildman–Crippen LogP) is 2.05. The molecular weight excluding hydrogens is 216 g/mol. The third kappa shape index (κ3) is 2.84. The monoisotopic (exact) mass is 234 g/mol. The van der Waals surface area contributed by atoms with E-state index in [4.69, 9.17) is 0 Å². The van der Waals surface area contributed by atoms with E-state index in [1.807, 2.05) is 45.1 Å². The Morgan fingerprint density at radius 2 is 1.88 bits per heavy atom. The van der Waals surface area contributed by atoms with Gasteiger partial charge in [-0.25, -0.2) is 4.79 Å². The molecule has 1 fully saturated rings. The molecule has 4 heteroatoms. The Labute approximate surface area is 101 Å². The standard InChI is InChI=1S/C13H18N2O2/c1-5-6-10(8-7-9(2)3)13(4)11(16)14-12(17)15-13/h5-8H,1-4H3,(H2,14,15,16,17)/b6-5-,10-8+. The lowest BCUT2D eigenvalue weighted by molar-refractivity contribution is -0.122. The van der Waals surface area contributed by atoms with Crippen LogP contribution in [0.4, 0.5) is 4.79 Å². The minimum absolute atomic E-state index is 0.325. The van der Waals surface area contributed by atoms with Crippen LogP contribution in [0.25, 0.3) is 0 Å². The Morgan fingerprint density at radius 3 is 2.29 bits per heavy atom. The molecule has 3 amide bonds. The summed E-state index contributed by atoms with van der Waals surface area (Å²) in [4.78, 5) is 23.0. The summed E-state index contributed by atoms with van der Waals surface area (Å²) in [7, 11) is 0. The lowest BCUT2D eigenvalue weighted by atomic mass is 9.91. The minimum atomic E-state index is -0.991. The number of amides is 3. The van der Waals surface area contributed by atoms with E-state index in [1.165, 1.54) is 0 Å². The molecule has 1 saturated heterocycles. The molecule has 17 heavy (non-hydrogen) atoms. The van der Waals surface area contributed by atoms with Crippen molar-refractivity contribution in [2.75, 3.05) is 0 Å². The largest absolute Gasteiger partial charge is 0.322 e. The van der Waals surface area contributed by atoms with E-state index in [0.29, 0.717) is 0 Å². The van der Waals surface area contributed by atoms with Crippen molar-refractivity contribution in [3.8, 4) is 0 Å². The van der Waals surface area contributed by atoms with Crippen LogP contribution >= 0.6 is 0 Å². The van der Waals surface area contributed by atoms with Gasteiger partial charge in [-0.3, -0.25) is 10.1 Å². The van der Waals surface area contributed by atoms with E-state index < -0.39 is 11.6 Å². The zero-order valence-electron chi connectivity index (χ0n) is 10.6. The van der Waals surface area contributed by atoms with Gasteiger partial charge in [-0.15, -0.1) is 0 Å². The topological polar surface area (TPSA) is 58.2 Å². The third-order valence-corrected chi connectivity index (χ3v) is 2.56. The third-order valence-electron chi connectivity index (χ3n) is 2.56. The Kier molecular flexibility index (Phi) is 3.89. The zero-order valence-corrected chi connectivity index (χ0v) is 10.6. The molecule has 1 heterocycles. The number of nitrogens with one attached hydrogen (secondary N) is 2. The van der Waals surface area contributed by atoms with Gasteiger partial charge in [0.15, 0.2) is 0 Å². The first-order valence-corrected chi connectivity index (χ1v) is 5.52. The van der Waals surface area contributed by atoms with E-state index in [9.17, 15) is 9.59 Å². The van der Waals surface area contributed by atoms with Crippen molar-refractivity contribution < 1.29 is 9.59 Å². The highest BCUT2D eigenvalue weighted by molar-refractivity contribution is 6.09. The molecule has 1 atom stereocenters. The van der Waals surface area contributed by atoms with E-state index in [-0.39, 0.29) is 5.91 Å². The quantitative estimate of drug-likeness (QED) is 0.580. The first-order chi connectivity index (χ1) is 7.90. The fourth-order valence-electron chi connectivity index (χ4n) is 1.57. The molecule has 0 aromatic rings. The van der Waals surface area contributed by atoms with Crippen molar-refractivity contribution in [1.29, 1.82) is 0 Å². The molecule has 0 aliphatic carbocycles. The molecule has 1 aliphatic rings. The fraction of sp³-hybridized carbons (Fsp3) is 0.385. The van der Waals surface area contributed by atoms with E-state index >= 15 is 0 Å². The molecule has 0 aromatic heterocycles. The Bertz CT molecular complexity index is 429. The molecule has 1 unspecified atom stereocenters. The SMILES string of the molecule is C/C=C\C(=C/C=C(C)C)C1(C)NC(=O)NC1=O. The van der Waals surface area contributed by atoms with Gasteiger partial charge in [-0.05, 0) is 33.3 Å². The van der Waals surface area contributed by atoms with Crippen LogP contribution in [0.3, 0.4) is 0 Å². The lowest BCUT2D eigenvalue weighted by Gasteiger charge is -2.21. The summed E-state index contributed by atoms with van der Waals surface area (Å²) >= 11 is 0. The van der Waals surface area contributed by atoms with Crippen molar-refractivity contribution in [2.45, 2.75) is 33.2 Å². The fourth-order valence-corrected chi connectivity index (χ4v) is 1.57. The second-order valence-electron chi connectivity index (χ2n) is 4.40. The maximum atomic E-state index is 11.8. The first-order valence-electron chi connectivity index (χ1n) is 5.52. The summed E-state index contributed by atoms with van der Waals surface area (Å²) in [5, 5.41) is 4.89. The second-order valence-corrected chi connectivity index (χ2v) is 4.40. The summed E-state index contributed by atoms with van der Waals surface area (Å²) in [5.74, 6) is -0.325. The van der Waals surface area contributed by atoms with Gasteiger partial charge in [0.2, 0.25) is 0 Å². The summed E-state index contributed by atoms with van der Waals surface area (Å²) in [6, 6.07) is -0.454. The normalized spacial score (nSPS) is 24.8. The van der Waals surface area contributed by atoms with Crippen LogP contribution in [-0.2, 0) is 4.79 Å². The Morgan fingerprint density at radius 1 is 1.24 bits per heavy atom. The highest BCUT2D eigenvalue weighted by atomic mass is 16.2. The molecule has 0 saturated carbocycles. The highest BCUT2D eigenvalue weighted by Gasteiger charge is 2.43. The van der Waals surface area contributed by atoms with Gasteiger partial charge in [0.25, 0.3) is 5.91 Å². The van der Waals surface area contributed by atoms with Crippen LogP contribution in [0.15, 0.2) is 35.5 Å². The molecule has 2 N–H and O–H groups in total. The van der Waals surface area contributed by atoms with Crippen LogP contribution in [0.1, 0.15) is 27.7 Å². The summed E-state index contributed by atoms with van der Waals surface area (Å²) < 4.78 is 0. The number of rotatable bonds is 3. The van der Waals surface area contributed by atoms with Gasteiger partial charge in [0, 0.05) is 0 Å². The van der Waals surface area contributed by atoms with Crippen LogP contribution in [0.5, 0.6) is 0 Å². The van der Waals surface area contributed by atoms with Crippen LogP contribution in [0.2, 0.25) is 0 Å². The Balaban J connectivity index is 3.15.